The molecular formula is C33H51ClN6O2. The molecule has 8 nitrogen and oxygen atoms in total. The average Bonchev–Trinajstić information content (AvgIpc) is 3.50. The van der Waals surface area contributed by atoms with Crippen molar-refractivity contribution in [3.63, 3.8) is 0 Å². The topological polar surface area (TPSA) is 109 Å². The van der Waals surface area contributed by atoms with E-state index >= 15 is 0 Å². The second-order valence-corrected chi connectivity index (χ2v) is 11.4. The van der Waals surface area contributed by atoms with Crippen LogP contribution in [0.5, 0.6) is 0 Å². The summed E-state index contributed by atoms with van der Waals surface area (Å²) in [7, 11) is 3.81. The molecule has 1 saturated heterocycles. The minimum Gasteiger partial charge on any atom is -0.446 e. The molecule has 0 bridgehead atoms. The van der Waals surface area contributed by atoms with Gasteiger partial charge in [-0.3, -0.25) is 4.99 Å². The Morgan fingerprint density at radius 2 is 1.86 bits per heavy atom. The number of carbonyl (C=O) groups is 1. The van der Waals surface area contributed by atoms with Gasteiger partial charge in [0, 0.05) is 44.4 Å². The third-order valence-corrected chi connectivity index (χ3v) is 7.90. The predicted molar refractivity (Wildman–Crippen MR) is 178 cm³/mol. The highest BCUT2D eigenvalue weighted by atomic mass is 35.5. The molecule has 0 spiro atoms. The Bertz CT molecular complexity index is 1100. The smallest absolute Gasteiger partial charge is 0.410 e. The molecule has 1 atom stereocenters. The number of hydrogen-bond acceptors (Lipinski definition) is 6. The Balaban J connectivity index is 0.000000291. The van der Waals surface area contributed by atoms with Gasteiger partial charge >= 0.3 is 6.09 Å². The third kappa shape index (κ3) is 12.0. The number of aryl methyl sites for hydroxylation is 1. The molecule has 1 heterocycles. The molecule has 0 aromatic heterocycles. The second-order valence-electron chi connectivity index (χ2n) is 11.0. The molecule has 5 N–H and O–H groups in total. The van der Waals surface area contributed by atoms with Crippen LogP contribution in [0.15, 0.2) is 66.0 Å². The minimum atomic E-state index is -0.189. The van der Waals surface area contributed by atoms with Crippen LogP contribution in [0.25, 0.3) is 5.57 Å². The van der Waals surface area contributed by atoms with Crippen molar-refractivity contribution >= 4 is 29.6 Å². The van der Waals surface area contributed by atoms with Crippen molar-refractivity contribution in [2.24, 2.45) is 16.5 Å². The average molecular weight is 599 g/mol. The summed E-state index contributed by atoms with van der Waals surface area (Å²) in [6, 6.07) is 5.90. The summed E-state index contributed by atoms with van der Waals surface area (Å²) in [5.41, 5.74) is 17.1. The number of hydrogen-bond donors (Lipinski definition) is 3. The standard InChI is InChI=1S/C20H26ClN3.C11H20N2O2.C2H5N/c1-14-5-4-6-18(20(22)15(2)12-24-13-23-3)19-11-17(21)10-9-16(19)8-7-14;1-12-6-8-13(9-7-12)11(14)15-10-4-2-3-5-10;1-2-3/h6,9-13,20H,1,4-5,7-8,22H2,2-3H3,(H,23,24);10H,2-9H2,1H3;2H,1,3H2/b15-12+,18-6+;;/t20-;;/m0../s1. The number of carbonyl (C=O) groups excluding carboxylic acids is 1. The molecule has 1 saturated carbocycles. The molecule has 4 rings (SSSR count). The lowest BCUT2D eigenvalue weighted by Gasteiger charge is -2.32. The lowest BCUT2D eigenvalue weighted by molar-refractivity contribution is 0.0517. The highest BCUT2D eigenvalue weighted by Gasteiger charge is 2.25. The summed E-state index contributed by atoms with van der Waals surface area (Å²) in [5.74, 6) is 0. The van der Waals surface area contributed by atoms with E-state index in [0.717, 1.165) is 86.4 Å². The molecule has 2 aliphatic carbocycles. The van der Waals surface area contributed by atoms with Crippen LogP contribution < -0.4 is 16.8 Å². The molecule has 3 aliphatic rings. The fourth-order valence-electron chi connectivity index (χ4n) is 5.10. The molecule has 1 amide bonds. The molecule has 2 fully saturated rings. The van der Waals surface area contributed by atoms with E-state index in [1.165, 1.54) is 30.2 Å². The molecule has 232 valence electrons. The number of halogens is 1. The largest absolute Gasteiger partial charge is 0.446 e. The summed E-state index contributed by atoms with van der Waals surface area (Å²) in [6.07, 6.45) is 15.6. The Kier molecular flexibility index (Phi) is 16.0. The molecule has 42 heavy (non-hydrogen) atoms. The van der Waals surface area contributed by atoms with Crippen molar-refractivity contribution in [1.82, 2.24) is 15.1 Å². The van der Waals surface area contributed by atoms with Gasteiger partial charge in [0.05, 0.1) is 12.4 Å². The number of nitrogens with zero attached hydrogens (tertiary/aromatic N) is 3. The fraction of sp³-hybridized carbons (Fsp3) is 0.515. The maximum absolute atomic E-state index is 11.7. The van der Waals surface area contributed by atoms with Crippen LogP contribution in [0.1, 0.15) is 63.0 Å². The molecule has 1 aromatic carbocycles. The molecule has 0 radical (unpaired) electrons. The van der Waals surface area contributed by atoms with E-state index in [2.05, 4.69) is 53.3 Å². The number of piperazine rings is 1. The SMILES string of the molecule is C=C1CC/C=C(/[C@@H](N)/C(C)=C/NC=NC)c2cc(Cl)ccc2CC1.C=CN.CN1CCN(C(=O)OC2CCCC2)CC1. The quantitative estimate of drug-likeness (QED) is 0.222. The molecule has 9 heteroatoms. The van der Waals surface area contributed by atoms with Gasteiger partial charge in [0.1, 0.15) is 6.10 Å². The van der Waals surface area contributed by atoms with Gasteiger partial charge in [-0.15, -0.1) is 0 Å². The van der Waals surface area contributed by atoms with Gasteiger partial charge in [-0.1, -0.05) is 42.5 Å². The van der Waals surface area contributed by atoms with E-state index in [-0.39, 0.29) is 18.2 Å². The van der Waals surface area contributed by atoms with Gasteiger partial charge in [0.15, 0.2) is 0 Å². The zero-order chi connectivity index (χ0) is 30.9. The third-order valence-electron chi connectivity index (χ3n) is 7.66. The van der Waals surface area contributed by atoms with Crippen LogP contribution in [0.4, 0.5) is 4.79 Å². The summed E-state index contributed by atoms with van der Waals surface area (Å²) in [4.78, 5) is 19.7. The van der Waals surface area contributed by atoms with Crippen molar-refractivity contribution in [3.8, 4) is 0 Å². The van der Waals surface area contributed by atoms with Crippen LogP contribution in [-0.2, 0) is 11.2 Å². The lowest BCUT2D eigenvalue weighted by atomic mass is 9.89. The number of amides is 1. The summed E-state index contributed by atoms with van der Waals surface area (Å²) in [5, 5.41) is 3.78. The van der Waals surface area contributed by atoms with Gasteiger partial charge in [0.25, 0.3) is 0 Å². The number of aliphatic imine (C=N–C) groups is 1. The first-order chi connectivity index (χ1) is 20.2. The summed E-state index contributed by atoms with van der Waals surface area (Å²) >= 11 is 6.26. The predicted octanol–water partition coefficient (Wildman–Crippen LogP) is 5.89. The maximum Gasteiger partial charge on any atom is 0.410 e. The number of allylic oxidation sites excluding steroid dienone is 2. The monoisotopic (exact) mass is 598 g/mol. The summed E-state index contributed by atoms with van der Waals surface area (Å²) in [6.45, 7) is 12.9. The Hall–Kier alpha value is -3.07. The van der Waals surface area contributed by atoms with E-state index in [1.807, 2.05) is 30.2 Å². The molecular weight excluding hydrogens is 548 g/mol. The number of ether oxygens (including phenoxy) is 1. The number of rotatable bonds is 5. The van der Waals surface area contributed by atoms with Crippen LogP contribution in [0.2, 0.25) is 5.02 Å². The first kappa shape index (κ1) is 35.1. The normalized spacial score (nSPS) is 20.3. The van der Waals surface area contributed by atoms with Gasteiger partial charge < -0.3 is 31.3 Å². The van der Waals surface area contributed by atoms with Gasteiger partial charge in [0.2, 0.25) is 0 Å². The van der Waals surface area contributed by atoms with Crippen LogP contribution in [0.3, 0.4) is 0 Å². The fourth-order valence-corrected chi connectivity index (χ4v) is 5.27. The van der Waals surface area contributed by atoms with Crippen LogP contribution >= 0.6 is 11.6 Å². The zero-order valence-corrected chi connectivity index (χ0v) is 26.5. The van der Waals surface area contributed by atoms with Gasteiger partial charge in [-0.2, -0.15) is 0 Å². The van der Waals surface area contributed by atoms with Crippen molar-refractivity contribution in [2.75, 3.05) is 40.3 Å². The highest BCUT2D eigenvalue weighted by molar-refractivity contribution is 6.30. The zero-order valence-electron chi connectivity index (χ0n) is 25.8. The second kappa shape index (κ2) is 19.2. The van der Waals surface area contributed by atoms with Crippen molar-refractivity contribution in [2.45, 2.75) is 70.4 Å². The Labute approximate surface area is 258 Å². The van der Waals surface area contributed by atoms with Gasteiger partial charge in [-0.05, 0) is 106 Å². The van der Waals surface area contributed by atoms with Crippen molar-refractivity contribution in [3.05, 3.63) is 77.1 Å². The van der Waals surface area contributed by atoms with E-state index in [4.69, 9.17) is 22.1 Å². The first-order valence-electron chi connectivity index (χ1n) is 14.9. The highest BCUT2D eigenvalue weighted by Crippen LogP contribution is 2.31. The van der Waals surface area contributed by atoms with E-state index in [9.17, 15) is 4.79 Å². The number of likely N-dealkylation sites (N-methyl/N-ethyl adjacent to an activating group) is 1. The molecule has 1 aromatic rings. The van der Waals surface area contributed by atoms with Crippen molar-refractivity contribution in [1.29, 1.82) is 0 Å². The maximum atomic E-state index is 11.7. The molecule has 1 aliphatic heterocycles. The number of nitrogens with one attached hydrogen (secondary N) is 1. The van der Waals surface area contributed by atoms with E-state index < -0.39 is 0 Å². The lowest BCUT2D eigenvalue weighted by Crippen LogP contribution is -2.47. The number of benzene rings is 1. The summed E-state index contributed by atoms with van der Waals surface area (Å²) < 4.78 is 5.45. The Morgan fingerprint density at radius 1 is 1.19 bits per heavy atom. The van der Waals surface area contributed by atoms with E-state index in [1.54, 1.807) is 13.4 Å². The Morgan fingerprint density at radius 3 is 2.50 bits per heavy atom. The molecule has 0 unspecified atom stereocenters. The van der Waals surface area contributed by atoms with Crippen molar-refractivity contribution < 1.29 is 9.53 Å². The first-order valence-corrected chi connectivity index (χ1v) is 15.3. The van der Waals surface area contributed by atoms with Gasteiger partial charge in [-0.25, -0.2) is 4.79 Å². The van der Waals surface area contributed by atoms with Crippen LogP contribution in [-0.4, -0.2) is 74.7 Å². The number of nitrogens with two attached hydrogens (primary N) is 2. The number of fused-ring (bicyclic) bond motifs is 1. The minimum absolute atomic E-state index is 0.102. The van der Waals surface area contributed by atoms with E-state index in [0.29, 0.717) is 0 Å². The van der Waals surface area contributed by atoms with Crippen LogP contribution in [0, 0.1) is 0 Å².